The Hall–Kier alpha value is -3.33. The average Bonchev–Trinajstić information content (AvgIpc) is 2.83. The molecule has 3 heteroatoms. The highest BCUT2D eigenvalue weighted by molar-refractivity contribution is 5.85. The van der Waals surface area contributed by atoms with Gasteiger partial charge in [0, 0.05) is 29.9 Å². The minimum Gasteiger partial charge on any atom is -0.496 e. The molecule has 0 unspecified atom stereocenters. The molecule has 164 valence electrons. The highest BCUT2D eigenvalue weighted by atomic mass is 16.5. The van der Waals surface area contributed by atoms with Crippen molar-refractivity contribution in [3.63, 3.8) is 0 Å². The second-order valence-electron chi connectivity index (χ2n) is 8.39. The van der Waals surface area contributed by atoms with Crippen LogP contribution in [0.5, 0.6) is 5.75 Å². The summed E-state index contributed by atoms with van der Waals surface area (Å²) in [6, 6.07) is 24.1. The first-order chi connectivity index (χ1) is 15.7. The lowest BCUT2D eigenvalue weighted by molar-refractivity contribution is 0.410. The summed E-state index contributed by atoms with van der Waals surface area (Å²) in [5, 5.41) is 4.72. The van der Waals surface area contributed by atoms with Gasteiger partial charge in [-0.05, 0) is 79.1 Å². The highest BCUT2D eigenvalue weighted by Gasteiger charge is 2.09. The quantitative estimate of drug-likeness (QED) is 0.302. The molecule has 1 heterocycles. The highest BCUT2D eigenvalue weighted by Crippen LogP contribution is 2.28. The van der Waals surface area contributed by atoms with Crippen molar-refractivity contribution in [2.75, 3.05) is 19.0 Å². The van der Waals surface area contributed by atoms with Gasteiger partial charge in [0.25, 0.3) is 0 Å². The van der Waals surface area contributed by atoms with Crippen molar-refractivity contribution in [2.45, 2.75) is 39.5 Å². The molecule has 0 radical (unpaired) electrons. The number of rotatable bonds is 9. The van der Waals surface area contributed by atoms with Gasteiger partial charge in [-0.15, -0.1) is 0 Å². The summed E-state index contributed by atoms with van der Waals surface area (Å²) in [7, 11) is 1.73. The van der Waals surface area contributed by atoms with Crippen molar-refractivity contribution in [1.29, 1.82) is 0 Å². The van der Waals surface area contributed by atoms with Crippen molar-refractivity contribution >= 4 is 16.6 Å². The lowest BCUT2D eigenvalue weighted by atomic mass is 9.97. The number of aromatic nitrogens is 1. The van der Waals surface area contributed by atoms with E-state index in [1.54, 1.807) is 7.11 Å². The number of methoxy groups -OCH3 is 1. The smallest absolute Gasteiger partial charge is 0.124 e. The zero-order chi connectivity index (χ0) is 22.3. The van der Waals surface area contributed by atoms with Crippen LogP contribution in [-0.2, 0) is 19.3 Å². The van der Waals surface area contributed by atoms with Gasteiger partial charge in [0.1, 0.15) is 5.75 Å². The van der Waals surface area contributed by atoms with E-state index < -0.39 is 0 Å². The average molecular weight is 425 g/mol. The first-order valence-corrected chi connectivity index (χ1v) is 11.5. The fourth-order valence-corrected chi connectivity index (χ4v) is 4.14. The van der Waals surface area contributed by atoms with Gasteiger partial charge in [-0.2, -0.15) is 0 Å². The van der Waals surface area contributed by atoms with Gasteiger partial charge in [0.05, 0.1) is 12.6 Å². The van der Waals surface area contributed by atoms with Crippen LogP contribution < -0.4 is 10.1 Å². The van der Waals surface area contributed by atoms with Crippen molar-refractivity contribution in [1.82, 2.24) is 4.98 Å². The number of nitrogens with zero attached hydrogens (tertiary/aromatic N) is 1. The van der Waals surface area contributed by atoms with Crippen molar-refractivity contribution in [2.24, 2.45) is 0 Å². The molecule has 4 rings (SSSR count). The maximum atomic E-state index is 5.54. The van der Waals surface area contributed by atoms with E-state index in [9.17, 15) is 0 Å². The van der Waals surface area contributed by atoms with E-state index in [2.05, 4.69) is 90.9 Å². The molecule has 0 amide bonds. The Labute approximate surface area is 191 Å². The Balaban J connectivity index is 1.38. The number of pyridine rings is 1. The zero-order valence-electron chi connectivity index (χ0n) is 19.3. The Morgan fingerprint density at radius 1 is 0.875 bits per heavy atom. The SMILES string of the molecule is CCc1cc2c(Cc3ccc(CCCNc4ccc(C)cc4)cc3)ccnc2cc1OC. The third-order valence-corrected chi connectivity index (χ3v) is 6.06. The normalized spacial score (nSPS) is 11.0. The minimum atomic E-state index is 0.907. The second-order valence-corrected chi connectivity index (χ2v) is 8.39. The summed E-state index contributed by atoms with van der Waals surface area (Å²) >= 11 is 0. The maximum absolute atomic E-state index is 5.54. The minimum absolute atomic E-state index is 0.907. The van der Waals surface area contributed by atoms with Crippen LogP contribution in [0.3, 0.4) is 0 Å². The number of nitrogens with one attached hydrogen (secondary N) is 1. The molecule has 0 saturated heterocycles. The number of ether oxygens (including phenoxy) is 1. The number of hydrogen-bond acceptors (Lipinski definition) is 3. The third kappa shape index (κ3) is 5.28. The second kappa shape index (κ2) is 10.3. The van der Waals surface area contributed by atoms with E-state index in [1.807, 2.05) is 6.20 Å². The van der Waals surface area contributed by atoms with Gasteiger partial charge >= 0.3 is 0 Å². The maximum Gasteiger partial charge on any atom is 0.124 e. The molecule has 3 nitrogen and oxygen atoms in total. The lowest BCUT2D eigenvalue weighted by Gasteiger charge is -2.12. The molecule has 0 aliphatic carbocycles. The molecule has 0 spiro atoms. The predicted molar refractivity (Wildman–Crippen MR) is 135 cm³/mol. The molecular formula is C29H32N2O. The Bertz CT molecular complexity index is 1160. The standard InChI is InChI=1S/C29H32N2O/c1-4-24-19-27-25(15-17-31-28(27)20-29(24)32-3)18-23-11-9-22(10-12-23)6-5-16-30-26-13-7-21(2)8-14-26/h7-15,17,19-20,30H,4-6,16,18H2,1-3H3. The van der Waals surface area contributed by atoms with E-state index in [1.165, 1.54) is 38.9 Å². The van der Waals surface area contributed by atoms with E-state index >= 15 is 0 Å². The van der Waals surface area contributed by atoms with E-state index in [0.29, 0.717) is 0 Å². The molecular weight excluding hydrogens is 392 g/mol. The van der Waals surface area contributed by atoms with Crippen LogP contribution in [0.1, 0.15) is 41.2 Å². The molecule has 0 bridgehead atoms. The molecule has 32 heavy (non-hydrogen) atoms. The van der Waals surface area contributed by atoms with Crippen LogP contribution >= 0.6 is 0 Å². The van der Waals surface area contributed by atoms with Crippen LogP contribution in [0.25, 0.3) is 10.9 Å². The third-order valence-electron chi connectivity index (χ3n) is 6.06. The van der Waals surface area contributed by atoms with Crippen LogP contribution in [0, 0.1) is 6.92 Å². The summed E-state index contributed by atoms with van der Waals surface area (Å²) in [6.45, 7) is 5.26. The predicted octanol–water partition coefficient (Wildman–Crippen LogP) is 6.75. The molecule has 0 aliphatic rings. The summed E-state index contributed by atoms with van der Waals surface area (Å²) < 4.78 is 5.54. The molecule has 0 saturated carbocycles. The van der Waals surface area contributed by atoms with Gasteiger partial charge in [0.2, 0.25) is 0 Å². The van der Waals surface area contributed by atoms with Gasteiger partial charge in [-0.3, -0.25) is 4.98 Å². The summed E-state index contributed by atoms with van der Waals surface area (Å²) in [5.41, 5.74) is 8.73. The fourth-order valence-electron chi connectivity index (χ4n) is 4.14. The van der Waals surface area contributed by atoms with Crippen LogP contribution in [0.2, 0.25) is 0 Å². The summed E-state index contributed by atoms with van der Waals surface area (Å²) in [5.74, 6) is 0.922. The summed E-state index contributed by atoms with van der Waals surface area (Å²) in [4.78, 5) is 4.56. The Morgan fingerprint density at radius 3 is 2.34 bits per heavy atom. The van der Waals surface area contributed by atoms with Gasteiger partial charge in [-0.25, -0.2) is 0 Å². The van der Waals surface area contributed by atoms with Gasteiger partial charge in [0.15, 0.2) is 0 Å². The fraction of sp³-hybridized carbons (Fsp3) is 0.276. The van der Waals surface area contributed by atoms with Crippen molar-refractivity contribution < 1.29 is 4.74 Å². The molecule has 0 atom stereocenters. The van der Waals surface area contributed by atoms with Crippen molar-refractivity contribution in [3.8, 4) is 5.75 Å². The summed E-state index contributed by atoms with van der Waals surface area (Å²) in [6.07, 6.45) is 5.95. The molecule has 3 aromatic carbocycles. The largest absolute Gasteiger partial charge is 0.496 e. The number of fused-ring (bicyclic) bond motifs is 1. The molecule has 0 aliphatic heterocycles. The zero-order valence-corrected chi connectivity index (χ0v) is 19.3. The molecule has 1 N–H and O–H groups in total. The van der Waals surface area contributed by atoms with Gasteiger partial charge in [-0.1, -0.05) is 48.9 Å². The van der Waals surface area contributed by atoms with Crippen LogP contribution in [0.4, 0.5) is 5.69 Å². The van der Waals surface area contributed by atoms with Gasteiger partial charge < -0.3 is 10.1 Å². The monoisotopic (exact) mass is 424 g/mol. The number of hydrogen-bond donors (Lipinski definition) is 1. The number of aryl methyl sites for hydroxylation is 3. The van der Waals surface area contributed by atoms with Crippen molar-refractivity contribution in [3.05, 3.63) is 101 Å². The topological polar surface area (TPSA) is 34.2 Å². The Morgan fingerprint density at radius 2 is 1.62 bits per heavy atom. The van der Waals surface area contributed by atoms with Crippen LogP contribution in [-0.4, -0.2) is 18.6 Å². The Kier molecular flexibility index (Phi) is 7.06. The molecule has 1 aromatic heterocycles. The lowest BCUT2D eigenvalue weighted by Crippen LogP contribution is -2.03. The number of benzene rings is 3. The number of anilines is 1. The first-order valence-electron chi connectivity index (χ1n) is 11.5. The van der Waals surface area contributed by atoms with E-state index in [4.69, 9.17) is 4.74 Å². The first kappa shape index (κ1) is 21.9. The van der Waals surface area contributed by atoms with E-state index in [-0.39, 0.29) is 0 Å². The molecule has 4 aromatic rings. The molecule has 0 fully saturated rings. The van der Waals surface area contributed by atoms with E-state index in [0.717, 1.165) is 43.5 Å². The van der Waals surface area contributed by atoms with Crippen LogP contribution in [0.15, 0.2) is 72.9 Å².